The van der Waals surface area contributed by atoms with Crippen LogP contribution in [0.4, 0.5) is 0 Å². The van der Waals surface area contributed by atoms with Gasteiger partial charge in [-0.15, -0.1) is 5.10 Å². The highest BCUT2D eigenvalue weighted by atomic mass is 16.5. The number of aromatic nitrogens is 3. The molecule has 0 unspecified atom stereocenters. The van der Waals surface area contributed by atoms with Crippen molar-refractivity contribution in [2.45, 2.75) is 168 Å². The molecular formula is C32H59N3O. The summed E-state index contributed by atoms with van der Waals surface area (Å²) in [5.74, 6) is 2.54. The van der Waals surface area contributed by atoms with Gasteiger partial charge in [-0.2, -0.15) is 0 Å². The molecular weight excluding hydrogens is 442 g/mol. The maximum absolute atomic E-state index is 6.69. The topological polar surface area (TPSA) is 39.9 Å². The summed E-state index contributed by atoms with van der Waals surface area (Å²) in [4.78, 5) is 0. The van der Waals surface area contributed by atoms with E-state index in [1.165, 1.54) is 140 Å². The molecule has 2 aliphatic carbocycles. The average Bonchev–Trinajstić information content (AvgIpc) is 3.39. The highest BCUT2D eigenvalue weighted by molar-refractivity contribution is 5.15. The first-order valence-corrected chi connectivity index (χ1v) is 16.3. The van der Waals surface area contributed by atoms with E-state index in [9.17, 15) is 0 Å². The maximum atomic E-state index is 6.69. The third kappa shape index (κ3) is 10.1. The molecule has 0 amide bonds. The molecule has 36 heavy (non-hydrogen) atoms. The number of fused-ring (bicyclic) bond motifs is 2. The van der Waals surface area contributed by atoms with Gasteiger partial charge in [-0.25, -0.2) is 4.68 Å². The number of hydrogen-bond donors (Lipinski definition) is 0. The molecule has 2 aliphatic rings. The summed E-state index contributed by atoms with van der Waals surface area (Å²) in [5.41, 5.74) is 2.75. The summed E-state index contributed by atoms with van der Waals surface area (Å²) in [6, 6.07) is 0. The number of ether oxygens (including phenoxy) is 1. The zero-order valence-corrected chi connectivity index (χ0v) is 24.3. The predicted octanol–water partition coefficient (Wildman–Crippen LogP) is 9.10. The van der Waals surface area contributed by atoms with E-state index in [1.54, 1.807) is 0 Å². The molecule has 0 bridgehead atoms. The van der Waals surface area contributed by atoms with Gasteiger partial charge >= 0.3 is 0 Å². The standard InChI is InChI=1S/C32H59N3O/c1-4-7-10-13-16-19-27(20-17-14-11-8-5-2)36-26-30-28-21-23-31-32(24-22-29(28)30)35(34-33-31)25-18-15-12-9-6-3/h27-30H,4-26H2,1-3H3/t28-,29+,30-/m0/s1. The second-order valence-corrected chi connectivity index (χ2v) is 12.1. The Morgan fingerprint density at radius 2 is 1.28 bits per heavy atom. The van der Waals surface area contributed by atoms with Crippen LogP contribution in [0.5, 0.6) is 0 Å². The van der Waals surface area contributed by atoms with Crippen molar-refractivity contribution in [2.75, 3.05) is 6.61 Å². The van der Waals surface area contributed by atoms with Crippen molar-refractivity contribution < 1.29 is 4.74 Å². The molecule has 1 heterocycles. The average molecular weight is 502 g/mol. The summed E-state index contributed by atoms with van der Waals surface area (Å²) in [6.45, 7) is 8.97. The Kier molecular flexibility index (Phi) is 14.5. The Morgan fingerprint density at radius 3 is 1.89 bits per heavy atom. The Bertz CT molecular complexity index is 673. The number of unbranched alkanes of at least 4 members (excludes halogenated alkanes) is 12. The number of nitrogens with zero attached hydrogens (tertiary/aromatic N) is 3. The van der Waals surface area contributed by atoms with E-state index in [-0.39, 0.29) is 0 Å². The van der Waals surface area contributed by atoms with E-state index in [4.69, 9.17) is 4.74 Å². The molecule has 1 aromatic rings. The molecule has 3 atom stereocenters. The summed E-state index contributed by atoms with van der Waals surface area (Å²) < 4.78 is 8.94. The van der Waals surface area contributed by atoms with E-state index in [1.807, 2.05) is 0 Å². The van der Waals surface area contributed by atoms with Gasteiger partial charge in [0, 0.05) is 6.54 Å². The fourth-order valence-corrected chi connectivity index (χ4v) is 6.63. The normalized spacial score (nSPS) is 21.3. The minimum absolute atomic E-state index is 0.500. The molecule has 4 heteroatoms. The van der Waals surface area contributed by atoms with E-state index in [2.05, 4.69) is 35.8 Å². The van der Waals surface area contributed by atoms with Gasteiger partial charge in [0.2, 0.25) is 0 Å². The molecule has 1 fully saturated rings. The molecule has 0 spiro atoms. The van der Waals surface area contributed by atoms with Crippen LogP contribution in [0.1, 0.15) is 154 Å². The third-order valence-corrected chi connectivity index (χ3v) is 9.11. The van der Waals surface area contributed by atoms with Gasteiger partial charge in [-0.1, -0.05) is 116 Å². The fraction of sp³-hybridized carbons (Fsp3) is 0.938. The second-order valence-electron chi connectivity index (χ2n) is 12.1. The minimum atomic E-state index is 0.500. The molecule has 4 nitrogen and oxygen atoms in total. The first-order valence-electron chi connectivity index (χ1n) is 16.3. The molecule has 0 radical (unpaired) electrons. The van der Waals surface area contributed by atoms with Gasteiger partial charge < -0.3 is 4.74 Å². The fourth-order valence-electron chi connectivity index (χ4n) is 6.63. The van der Waals surface area contributed by atoms with Crippen LogP contribution in [0.3, 0.4) is 0 Å². The zero-order chi connectivity index (χ0) is 25.4. The predicted molar refractivity (Wildman–Crippen MR) is 152 cm³/mol. The van der Waals surface area contributed by atoms with Gasteiger partial charge in [-0.3, -0.25) is 0 Å². The Morgan fingerprint density at radius 1 is 0.722 bits per heavy atom. The minimum Gasteiger partial charge on any atom is -0.378 e. The van der Waals surface area contributed by atoms with Crippen molar-refractivity contribution >= 4 is 0 Å². The molecule has 3 rings (SSSR count). The third-order valence-electron chi connectivity index (χ3n) is 9.11. The molecule has 0 N–H and O–H groups in total. The molecule has 1 aromatic heterocycles. The van der Waals surface area contributed by atoms with Crippen molar-refractivity contribution in [1.29, 1.82) is 0 Å². The highest BCUT2D eigenvalue weighted by Crippen LogP contribution is 2.53. The number of aryl methyl sites for hydroxylation is 2. The summed E-state index contributed by atoms with van der Waals surface area (Å²) >= 11 is 0. The van der Waals surface area contributed by atoms with Crippen LogP contribution in [0.15, 0.2) is 0 Å². The summed E-state index contributed by atoms with van der Waals surface area (Å²) in [6.07, 6.45) is 28.3. The Labute approximate surface area is 223 Å². The van der Waals surface area contributed by atoms with E-state index >= 15 is 0 Å². The zero-order valence-electron chi connectivity index (χ0n) is 24.3. The molecule has 0 aromatic carbocycles. The molecule has 1 saturated carbocycles. The van der Waals surface area contributed by atoms with Crippen molar-refractivity contribution in [1.82, 2.24) is 15.0 Å². The molecule has 0 aliphatic heterocycles. The first-order chi connectivity index (χ1) is 17.8. The SMILES string of the molecule is CCCCCCCC(CCCCCCC)OC[C@@H]1[C@@H]2CCc3c(nnn3CCCCCCC)CC[C@@H]21. The quantitative estimate of drug-likeness (QED) is 0.158. The number of rotatable bonds is 21. The van der Waals surface area contributed by atoms with Gasteiger partial charge in [0.15, 0.2) is 0 Å². The lowest BCUT2D eigenvalue weighted by molar-refractivity contribution is 0.0275. The van der Waals surface area contributed by atoms with Crippen LogP contribution in [0.25, 0.3) is 0 Å². The Balaban J connectivity index is 1.41. The maximum Gasteiger partial charge on any atom is 0.0859 e. The lowest BCUT2D eigenvalue weighted by Crippen LogP contribution is -2.15. The lowest BCUT2D eigenvalue weighted by Gasteiger charge is -2.18. The smallest absolute Gasteiger partial charge is 0.0859 e. The van der Waals surface area contributed by atoms with E-state index in [0.29, 0.717) is 6.10 Å². The second kappa shape index (κ2) is 17.6. The van der Waals surface area contributed by atoms with Crippen molar-refractivity contribution in [2.24, 2.45) is 17.8 Å². The lowest BCUT2D eigenvalue weighted by atomic mass is 10.0. The largest absolute Gasteiger partial charge is 0.378 e. The number of hydrogen-bond acceptors (Lipinski definition) is 3. The van der Waals surface area contributed by atoms with Crippen LogP contribution in [0, 0.1) is 17.8 Å². The molecule has 0 saturated heterocycles. The van der Waals surface area contributed by atoms with Gasteiger partial charge in [0.1, 0.15) is 0 Å². The van der Waals surface area contributed by atoms with Crippen LogP contribution in [0.2, 0.25) is 0 Å². The van der Waals surface area contributed by atoms with Crippen LogP contribution < -0.4 is 0 Å². The molecule has 208 valence electrons. The van der Waals surface area contributed by atoms with E-state index < -0.39 is 0 Å². The van der Waals surface area contributed by atoms with Crippen LogP contribution >= 0.6 is 0 Å². The van der Waals surface area contributed by atoms with Crippen molar-refractivity contribution in [3.8, 4) is 0 Å². The van der Waals surface area contributed by atoms with Crippen LogP contribution in [-0.2, 0) is 24.1 Å². The van der Waals surface area contributed by atoms with Crippen molar-refractivity contribution in [3.05, 3.63) is 11.4 Å². The monoisotopic (exact) mass is 501 g/mol. The van der Waals surface area contributed by atoms with Crippen molar-refractivity contribution in [3.63, 3.8) is 0 Å². The van der Waals surface area contributed by atoms with Gasteiger partial charge in [0.25, 0.3) is 0 Å². The first kappa shape index (κ1) is 29.7. The van der Waals surface area contributed by atoms with Gasteiger partial charge in [0.05, 0.1) is 24.1 Å². The van der Waals surface area contributed by atoms with Crippen LogP contribution in [-0.4, -0.2) is 27.7 Å². The Hall–Kier alpha value is -0.900. The van der Waals surface area contributed by atoms with E-state index in [0.717, 1.165) is 37.3 Å². The summed E-state index contributed by atoms with van der Waals surface area (Å²) in [7, 11) is 0. The summed E-state index contributed by atoms with van der Waals surface area (Å²) in [5, 5.41) is 9.17. The van der Waals surface area contributed by atoms with Gasteiger partial charge in [-0.05, 0) is 62.7 Å². The highest BCUT2D eigenvalue weighted by Gasteiger charge is 2.49.